The molecule has 0 amide bonds. The molecule has 1 N–H and O–H groups in total. The summed E-state index contributed by atoms with van der Waals surface area (Å²) in [5.41, 5.74) is 0.209. The summed E-state index contributed by atoms with van der Waals surface area (Å²) in [6.07, 6.45) is 3.88. The highest BCUT2D eigenvalue weighted by molar-refractivity contribution is 4.94. The number of morpholine rings is 1. The fraction of sp³-hybridized carbons (Fsp3) is 1.00. The first-order valence-corrected chi connectivity index (χ1v) is 7.52. The number of nitrogens with one attached hydrogen (secondary N) is 1. The van der Waals surface area contributed by atoms with Crippen molar-refractivity contribution >= 4 is 0 Å². The van der Waals surface area contributed by atoms with Gasteiger partial charge in [-0.25, -0.2) is 0 Å². The van der Waals surface area contributed by atoms with Crippen LogP contribution in [0.1, 0.15) is 47.0 Å². The third-order valence-electron chi connectivity index (χ3n) is 4.45. The van der Waals surface area contributed by atoms with E-state index >= 15 is 0 Å². The van der Waals surface area contributed by atoms with Crippen molar-refractivity contribution in [2.24, 2.45) is 5.92 Å². The highest BCUT2D eigenvalue weighted by atomic mass is 16.5. The van der Waals surface area contributed by atoms with Gasteiger partial charge in [-0.1, -0.05) is 26.7 Å². The first kappa shape index (κ1) is 15.9. The zero-order valence-electron chi connectivity index (χ0n) is 13.0. The summed E-state index contributed by atoms with van der Waals surface area (Å²) >= 11 is 0. The van der Waals surface area contributed by atoms with Crippen LogP contribution >= 0.6 is 0 Å². The van der Waals surface area contributed by atoms with Crippen LogP contribution < -0.4 is 5.32 Å². The normalized spacial score (nSPS) is 21.8. The van der Waals surface area contributed by atoms with Crippen LogP contribution in [0.5, 0.6) is 0 Å². The molecule has 0 bridgehead atoms. The average Bonchev–Trinajstić information content (AvgIpc) is 2.37. The molecule has 3 nitrogen and oxygen atoms in total. The minimum Gasteiger partial charge on any atom is -0.379 e. The molecule has 1 rings (SSSR count). The van der Waals surface area contributed by atoms with Gasteiger partial charge in [-0.05, 0) is 33.2 Å². The van der Waals surface area contributed by atoms with Crippen molar-refractivity contribution in [1.82, 2.24) is 10.2 Å². The lowest BCUT2D eigenvalue weighted by Gasteiger charge is -2.46. The molecule has 0 radical (unpaired) electrons. The molecule has 0 aliphatic carbocycles. The zero-order valence-corrected chi connectivity index (χ0v) is 13.0. The number of hydrogen-bond donors (Lipinski definition) is 1. The van der Waals surface area contributed by atoms with Crippen LogP contribution in [-0.2, 0) is 4.74 Å². The standard InChI is InChI=1S/C15H32N2O/c1-6-7-13(2)12-14(16-5)15(3,4)17-8-10-18-11-9-17/h13-14,16H,6-12H2,1-5H3. The van der Waals surface area contributed by atoms with E-state index in [1.165, 1.54) is 19.3 Å². The first-order valence-electron chi connectivity index (χ1n) is 7.52. The Labute approximate surface area is 113 Å². The van der Waals surface area contributed by atoms with E-state index in [1.54, 1.807) is 0 Å². The van der Waals surface area contributed by atoms with Crippen LogP contribution in [0.2, 0.25) is 0 Å². The molecule has 0 aromatic carbocycles. The summed E-state index contributed by atoms with van der Waals surface area (Å²) in [5, 5.41) is 3.55. The summed E-state index contributed by atoms with van der Waals surface area (Å²) in [5.74, 6) is 0.799. The van der Waals surface area contributed by atoms with Crippen LogP contribution in [0.15, 0.2) is 0 Å². The van der Waals surface area contributed by atoms with Gasteiger partial charge < -0.3 is 10.1 Å². The fourth-order valence-electron chi connectivity index (χ4n) is 3.13. The summed E-state index contributed by atoms with van der Waals surface area (Å²) in [6.45, 7) is 13.3. The van der Waals surface area contributed by atoms with Gasteiger partial charge >= 0.3 is 0 Å². The van der Waals surface area contributed by atoms with Crippen molar-refractivity contribution in [3.63, 3.8) is 0 Å². The van der Waals surface area contributed by atoms with E-state index in [2.05, 4.69) is 45.0 Å². The SMILES string of the molecule is CCCC(C)CC(NC)C(C)(C)N1CCOCC1. The number of likely N-dealkylation sites (N-methyl/N-ethyl adjacent to an activating group) is 1. The van der Waals surface area contributed by atoms with Gasteiger partial charge in [0, 0.05) is 24.7 Å². The predicted octanol–water partition coefficient (Wildman–Crippen LogP) is 2.51. The largest absolute Gasteiger partial charge is 0.379 e. The molecule has 3 heteroatoms. The maximum atomic E-state index is 5.47. The Balaban J connectivity index is 2.59. The molecule has 0 spiro atoms. The van der Waals surface area contributed by atoms with E-state index in [4.69, 9.17) is 4.74 Å². The average molecular weight is 256 g/mol. The quantitative estimate of drug-likeness (QED) is 0.757. The smallest absolute Gasteiger partial charge is 0.0594 e. The second-order valence-electron chi connectivity index (χ2n) is 6.22. The van der Waals surface area contributed by atoms with E-state index < -0.39 is 0 Å². The lowest BCUT2D eigenvalue weighted by Crippen LogP contribution is -2.60. The van der Waals surface area contributed by atoms with E-state index in [-0.39, 0.29) is 5.54 Å². The van der Waals surface area contributed by atoms with Crippen molar-refractivity contribution in [2.75, 3.05) is 33.4 Å². The summed E-state index contributed by atoms with van der Waals surface area (Å²) in [7, 11) is 2.10. The van der Waals surface area contributed by atoms with Crippen molar-refractivity contribution in [1.29, 1.82) is 0 Å². The van der Waals surface area contributed by atoms with Crippen molar-refractivity contribution in [3.8, 4) is 0 Å². The van der Waals surface area contributed by atoms with Crippen LogP contribution in [-0.4, -0.2) is 49.8 Å². The maximum absolute atomic E-state index is 5.47. The van der Waals surface area contributed by atoms with Crippen LogP contribution in [0, 0.1) is 5.92 Å². The molecule has 1 fully saturated rings. The monoisotopic (exact) mass is 256 g/mol. The third kappa shape index (κ3) is 4.22. The fourth-order valence-corrected chi connectivity index (χ4v) is 3.13. The molecule has 2 unspecified atom stereocenters. The molecule has 1 saturated heterocycles. The Morgan fingerprint density at radius 2 is 1.89 bits per heavy atom. The Bertz CT molecular complexity index is 225. The van der Waals surface area contributed by atoms with E-state index in [0.29, 0.717) is 6.04 Å². The number of nitrogens with zero attached hydrogens (tertiary/aromatic N) is 1. The molecule has 2 atom stereocenters. The summed E-state index contributed by atoms with van der Waals surface area (Å²) in [6, 6.07) is 0.553. The summed E-state index contributed by atoms with van der Waals surface area (Å²) in [4.78, 5) is 2.58. The lowest BCUT2D eigenvalue weighted by molar-refractivity contribution is -0.0252. The maximum Gasteiger partial charge on any atom is 0.0594 e. The third-order valence-corrected chi connectivity index (χ3v) is 4.45. The molecule has 18 heavy (non-hydrogen) atoms. The second-order valence-corrected chi connectivity index (χ2v) is 6.22. The Hall–Kier alpha value is -0.120. The van der Waals surface area contributed by atoms with Crippen LogP contribution in [0.25, 0.3) is 0 Å². The molecule has 0 saturated carbocycles. The molecule has 0 aromatic rings. The number of rotatable bonds is 7. The van der Waals surface area contributed by atoms with E-state index in [0.717, 1.165) is 32.2 Å². The predicted molar refractivity (Wildman–Crippen MR) is 78.0 cm³/mol. The number of ether oxygens (including phenoxy) is 1. The van der Waals surface area contributed by atoms with Crippen molar-refractivity contribution < 1.29 is 4.74 Å². The van der Waals surface area contributed by atoms with Gasteiger partial charge in [-0.3, -0.25) is 4.90 Å². The molecule has 108 valence electrons. The van der Waals surface area contributed by atoms with Crippen LogP contribution in [0.4, 0.5) is 0 Å². The Morgan fingerprint density at radius 3 is 2.39 bits per heavy atom. The van der Waals surface area contributed by atoms with Gasteiger partial charge in [0.05, 0.1) is 13.2 Å². The molecule has 1 aliphatic rings. The molecule has 0 aromatic heterocycles. The highest BCUT2D eigenvalue weighted by Crippen LogP contribution is 2.26. The zero-order chi connectivity index (χ0) is 13.6. The van der Waals surface area contributed by atoms with Gasteiger partial charge in [0.2, 0.25) is 0 Å². The van der Waals surface area contributed by atoms with Gasteiger partial charge in [0.1, 0.15) is 0 Å². The lowest BCUT2D eigenvalue weighted by atomic mass is 9.84. The van der Waals surface area contributed by atoms with E-state index in [9.17, 15) is 0 Å². The van der Waals surface area contributed by atoms with Crippen molar-refractivity contribution in [2.45, 2.75) is 58.5 Å². The van der Waals surface area contributed by atoms with Crippen LogP contribution in [0.3, 0.4) is 0 Å². The van der Waals surface area contributed by atoms with Gasteiger partial charge in [-0.15, -0.1) is 0 Å². The first-order chi connectivity index (χ1) is 8.52. The molecule has 1 heterocycles. The molecular weight excluding hydrogens is 224 g/mol. The Kier molecular flexibility index (Phi) is 6.61. The molecular formula is C15H32N2O. The second kappa shape index (κ2) is 7.46. The van der Waals surface area contributed by atoms with Crippen molar-refractivity contribution in [3.05, 3.63) is 0 Å². The van der Waals surface area contributed by atoms with Gasteiger partial charge in [0.15, 0.2) is 0 Å². The minimum absolute atomic E-state index is 0.209. The van der Waals surface area contributed by atoms with Gasteiger partial charge in [-0.2, -0.15) is 0 Å². The number of hydrogen-bond acceptors (Lipinski definition) is 3. The van der Waals surface area contributed by atoms with E-state index in [1.807, 2.05) is 0 Å². The Morgan fingerprint density at radius 1 is 1.28 bits per heavy atom. The minimum atomic E-state index is 0.209. The van der Waals surface area contributed by atoms with Gasteiger partial charge in [0.25, 0.3) is 0 Å². The highest BCUT2D eigenvalue weighted by Gasteiger charge is 2.35. The topological polar surface area (TPSA) is 24.5 Å². The molecule has 1 aliphatic heterocycles. The summed E-state index contributed by atoms with van der Waals surface area (Å²) < 4.78 is 5.47.